The van der Waals surface area contributed by atoms with Gasteiger partial charge in [-0.2, -0.15) is 0 Å². The van der Waals surface area contributed by atoms with Gasteiger partial charge in [0.05, 0.1) is 19.5 Å². The maximum Gasteiger partial charge on any atom is 0.472 e. The number of hydrogen-bond acceptors (Lipinski definition) is 7. The van der Waals surface area contributed by atoms with Crippen LogP contribution in [0.1, 0.15) is 162 Å². The highest BCUT2D eigenvalue weighted by molar-refractivity contribution is 7.47. The number of ether oxygens (including phenoxy) is 2. The molecule has 3 N–H and O–H groups in total. The molecule has 0 aliphatic heterocycles. The van der Waals surface area contributed by atoms with Crippen LogP contribution in [0.3, 0.4) is 0 Å². The van der Waals surface area contributed by atoms with E-state index in [4.69, 9.17) is 24.3 Å². The molecule has 2 atom stereocenters. The standard InChI is InChI=1S/C43H76NO7P/c1-3-5-7-9-11-13-15-17-19-20-21-22-23-24-26-28-30-32-34-36-43(45)49-40-42(41-51-52(46,47)50-39-37-44)48-38-35-33-31-29-27-25-18-16-14-12-10-8-6-4-2/h11,13,17,19,21-22,24,26,30,32,35,38,42H,3-10,12,14-16,18,20,23,25,27-29,31,33-34,36-37,39-41,44H2,1-2H3,(H,46,47). The summed E-state index contributed by atoms with van der Waals surface area (Å²) in [5.41, 5.74) is 5.35. The second-order valence-electron chi connectivity index (χ2n) is 13.2. The molecule has 0 radical (unpaired) electrons. The van der Waals surface area contributed by atoms with Crippen molar-refractivity contribution in [2.75, 3.05) is 26.4 Å². The molecular weight excluding hydrogens is 673 g/mol. The van der Waals surface area contributed by atoms with Gasteiger partial charge in [-0.1, -0.05) is 158 Å². The number of allylic oxidation sites excluding steroid dienone is 11. The highest BCUT2D eigenvalue weighted by Gasteiger charge is 2.24. The van der Waals surface area contributed by atoms with Gasteiger partial charge < -0.3 is 20.1 Å². The Morgan fingerprint density at radius 2 is 1.04 bits per heavy atom. The summed E-state index contributed by atoms with van der Waals surface area (Å²) in [4.78, 5) is 22.2. The van der Waals surface area contributed by atoms with Gasteiger partial charge in [-0.3, -0.25) is 13.8 Å². The summed E-state index contributed by atoms with van der Waals surface area (Å²) >= 11 is 0. The van der Waals surface area contributed by atoms with E-state index in [1.54, 1.807) is 6.26 Å². The first-order chi connectivity index (χ1) is 25.4. The molecule has 0 saturated heterocycles. The molecule has 0 rings (SSSR count). The Morgan fingerprint density at radius 3 is 1.58 bits per heavy atom. The SMILES string of the molecule is CCCCCC=CCC=CCC=CCC=CCC=CCCC(=O)OCC(COP(=O)(O)OCCN)OC=CCCCCCCCCCCCCCC. The van der Waals surface area contributed by atoms with Crippen molar-refractivity contribution < 1.29 is 32.8 Å². The van der Waals surface area contributed by atoms with Crippen LogP contribution in [0.15, 0.2) is 73.1 Å². The van der Waals surface area contributed by atoms with Gasteiger partial charge in [-0.25, -0.2) is 4.57 Å². The minimum Gasteiger partial charge on any atom is -0.492 e. The number of esters is 1. The maximum atomic E-state index is 12.3. The van der Waals surface area contributed by atoms with E-state index in [1.807, 2.05) is 18.2 Å². The van der Waals surface area contributed by atoms with Crippen molar-refractivity contribution in [3.05, 3.63) is 73.1 Å². The predicted octanol–water partition coefficient (Wildman–Crippen LogP) is 12.3. The van der Waals surface area contributed by atoms with Gasteiger partial charge in [-0.15, -0.1) is 0 Å². The fraction of sp³-hybridized carbons (Fsp3) is 0.698. The Labute approximate surface area is 318 Å². The van der Waals surface area contributed by atoms with Gasteiger partial charge in [0.25, 0.3) is 0 Å². The van der Waals surface area contributed by atoms with E-state index in [0.29, 0.717) is 6.42 Å². The fourth-order valence-corrected chi connectivity index (χ4v) is 5.90. The topological polar surface area (TPSA) is 117 Å². The summed E-state index contributed by atoms with van der Waals surface area (Å²) in [6.45, 7) is 4.09. The van der Waals surface area contributed by atoms with Crippen molar-refractivity contribution in [1.29, 1.82) is 0 Å². The number of unbranched alkanes of at least 4 members (excludes halogenated alkanes) is 15. The first-order valence-corrected chi connectivity index (χ1v) is 22.0. The molecule has 0 saturated carbocycles. The lowest BCUT2D eigenvalue weighted by molar-refractivity contribution is -0.147. The number of carbonyl (C=O) groups excluding carboxylic acids is 1. The van der Waals surface area contributed by atoms with Crippen LogP contribution in [-0.4, -0.2) is 43.3 Å². The van der Waals surface area contributed by atoms with Crippen molar-refractivity contribution in [3.63, 3.8) is 0 Å². The number of phosphoric ester groups is 1. The molecule has 0 aliphatic rings. The van der Waals surface area contributed by atoms with Gasteiger partial charge >= 0.3 is 13.8 Å². The third kappa shape index (κ3) is 39.0. The summed E-state index contributed by atoms with van der Waals surface area (Å²) in [6, 6.07) is 0. The number of phosphoric acid groups is 1. The molecule has 0 amide bonds. The second-order valence-corrected chi connectivity index (χ2v) is 14.7. The zero-order valence-electron chi connectivity index (χ0n) is 33.0. The fourth-order valence-electron chi connectivity index (χ4n) is 5.14. The van der Waals surface area contributed by atoms with Crippen LogP contribution in [0.25, 0.3) is 0 Å². The van der Waals surface area contributed by atoms with Gasteiger partial charge in [0, 0.05) is 13.0 Å². The zero-order valence-corrected chi connectivity index (χ0v) is 33.9. The van der Waals surface area contributed by atoms with E-state index in [0.717, 1.165) is 38.5 Å². The van der Waals surface area contributed by atoms with Crippen LogP contribution in [0.2, 0.25) is 0 Å². The number of nitrogens with two attached hydrogens (primary N) is 1. The monoisotopic (exact) mass is 750 g/mol. The van der Waals surface area contributed by atoms with E-state index in [-0.39, 0.29) is 38.8 Å². The highest BCUT2D eigenvalue weighted by Crippen LogP contribution is 2.43. The van der Waals surface area contributed by atoms with E-state index in [2.05, 4.69) is 62.5 Å². The lowest BCUT2D eigenvalue weighted by atomic mass is 10.0. The summed E-state index contributed by atoms with van der Waals surface area (Å²) in [7, 11) is -4.28. The summed E-state index contributed by atoms with van der Waals surface area (Å²) in [5.74, 6) is -0.372. The van der Waals surface area contributed by atoms with Crippen molar-refractivity contribution in [3.8, 4) is 0 Å². The molecule has 0 aromatic carbocycles. The molecule has 9 heteroatoms. The molecule has 0 aromatic heterocycles. The summed E-state index contributed by atoms with van der Waals surface area (Å²) in [6.07, 6.45) is 50.3. The molecule has 52 heavy (non-hydrogen) atoms. The molecular formula is C43H76NO7P. The molecule has 300 valence electrons. The summed E-state index contributed by atoms with van der Waals surface area (Å²) in [5, 5.41) is 0. The first-order valence-electron chi connectivity index (χ1n) is 20.5. The lowest BCUT2D eigenvalue weighted by Gasteiger charge is -2.19. The van der Waals surface area contributed by atoms with Crippen LogP contribution >= 0.6 is 7.82 Å². The predicted molar refractivity (Wildman–Crippen MR) is 219 cm³/mol. The van der Waals surface area contributed by atoms with Crippen LogP contribution in [0.5, 0.6) is 0 Å². The number of hydrogen-bond donors (Lipinski definition) is 2. The molecule has 0 spiro atoms. The quantitative estimate of drug-likeness (QED) is 0.0211. The van der Waals surface area contributed by atoms with E-state index >= 15 is 0 Å². The van der Waals surface area contributed by atoms with Crippen LogP contribution < -0.4 is 5.73 Å². The zero-order chi connectivity index (χ0) is 38.1. The first kappa shape index (κ1) is 49.8. The normalized spacial score (nSPS) is 14.2. The van der Waals surface area contributed by atoms with Crippen molar-refractivity contribution in [2.45, 2.75) is 168 Å². The van der Waals surface area contributed by atoms with Crippen molar-refractivity contribution >= 4 is 13.8 Å². The van der Waals surface area contributed by atoms with E-state index < -0.39 is 13.9 Å². The lowest BCUT2D eigenvalue weighted by Crippen LogP contribution is -2.25. The van der Waals surface area contributed by atoms with Gasteiger partial charge in [-0.05, 0) is 63.9 Å². The smallest absolute Gasteiger partial charge is 0.472 e. The molecule has 0 bridgehead atoms. The minimum absolute atomic E-state index is 0.0886. The Bertz CT molecular complexity index is 1020. The van der Waals surface area contributed by atoms with Gasteiger partial charge in [0.15, 0.2) is 6.10 Å². The minimum atomic E-state index is -4.28. The Kier molecular flexibility index (Phi) is 38.3. The van der Waals surface area contributed by atoms with E-state index in [1.165, 1.54) is 96.3 Å². The van der Waals surface area contributed by atoms with E-state index in [9.17, 15) is 14.3 Å². The average molecular weight is 750 g/mol. The average Bonchev–Trinajstić information content (AvgIpc) is 3.14. The molecule has 0 heterocycles. The van der Waals surface area contributed by atoms with Crippen LogP contribution in [0, 0.1) is 0 Å². The largest absolute Gasteiger partial charge is 0.492 e. The Morgan fingerprint density at radius 1 is 0.596 bits per heavy atom. The molecule has 2 unspecified atom stereocenters. The molecule has 8 nitrogen and oxygen atoms in total. The third-order valence-electron chi connectivity index (χ3n) is 8.23. The number of carbonyl (C=O) groups is 1. The number of rotatable bonds is 38. The van der Waals surface area contributed by atoms with Gasteiger partial charge in [0.2, 0.25) is 0 Å². The molecule has 0 fully saturated rings. The molecule has 0 aliphatic carbocycles. The Hall–Kier alpha value is -2.22. The van der Waals surface area contributed by atoms with Gasteiger partial charge in [0.1, 0.15) is 6.61 Å². The van der Waals surface area contributed by atoms with Crippen molar-refractivity contribution in [1.82, 2.24) is 0 Å². The summed E-state index contributed by atoms with van der Waals surface area (Å²) < 4.78 is 33.0. The maximum absolute atomic E-state index is 12.3. The molecule has 0 aromatic rings. The Balaban J connectivity index is 4.25. The van der Waals surface area contributed by atoms with Crippen LogP contribution in [-0.2, 0) is 27.9 Å². The van der Waals surface area contributed by atoms with Crippen molar-refractivity contribution in [2.24, 2.45) is 5.73 Å². The second kappa shape index (κ2) is 40.0. The van der Waals surface area contributed by atoms with Crippen LogP contribution in [0.4, 0.5) is 0 Å². The highest BCUT2D eigenvalue weighted by atomic mass is 31.2. The third-order valence-corrected chi connectivity index (χ3v) is 9.21.